The van der Waals surface area contributed by atoms with Crippen molar-refractivity contribution in [1.82, 2.24) is 30.5 Å². The number of nitrogens with zero attached hydrogens (tertiary/aromatic N) is 4. The molecule has 2 amide bonds. The summed E-state index contributed by atoms with van der Waals surface area (Å²) in [5.74, 6) is 0.367. The van der Waals surface area contributed by atoms with Gasteiger partial charge in [0.1, 0.15) is 6.04 Å². The van der Waals surface area contributed by atoms with Crippen molar-refractivity contribution in [3.63, 3.8) is 0 Å². The summed E-state index contributed by atoms with van der Waals surface area (Å²) in [4.78, 5) is 43.3. The summed E-state index contributed by atoms with van der Waals surface area (Å²) < 4.78 is 5.35. The van der Waals surface area contributed by atoms with Gasteiger partial charge in [-0.3, -0.25) is 9.59 Å². The molecule has 5 rings (SSSR count). The average Bonchev–Trinajstić information content (AvgIpc) is 3.62. The van der Waals surface area contributed by atoms with Crippen LogP contribution >= 0.6 is 0 Å². The van der Waals surface area contributed by atoms with Gasteiger partial charge >= 0.3 is 0 Å². The Bertz CT molecular complexity index is 1260. The second kappa shape index (κ2) is 10.5. The number of rotatable bonds is 8. The number of likely N-dealkylation sites (tertiary alicyclic amines) is 1. The quantitative estimate of drug-likeness (QED) is 0.426. The van der Waals surface area contributed by atoms with Crippen molar-refractivity contribution in [3.8, 4) is 0 Å². The molecule has 0 spiro atoms. The number of carbonyl (C=O) groups is 2. The van der Waals surface area contributed by atoms with E-state index in [1.807, 2.05) is 11.0 Å². The van der Waals surface area contributed by atoms with Crippen molar-refractivity contribution < 1.29 is 14.3 Å². The Hall–Kier alpha value is -3.50. The predicted molar refractivity (Wildman–Crippen MR) is 141 cm³/mol. The molecule has 0 radical (unpaired) electrons. The van der Waals surface area contributed by atoms with Crippen molar-refractivity contribution >= 4 is 28.7 Å². The van der Waals surface area contributed by atoms with E-state index < -0.39 is 12.1 Å². The highest BCUT2D eigenvalue weighted by molar-refractivity contribution is 5.90. The van der Waals surface area contributed by atoms with E-state index in [1.165, 1.54) is 11.1 Å². The highest BCUT2D eigenvalue weighted by Crippen LogP contribution is 2.44. The molecule has 37 heavy (non-hydrogen) atoms. The zero-order valence-corrected chi connectivity index (χ0v) is 21.8. The lowest BCUT2D eigenvalue weighted by Crippen LogP contribution is -2.56. The van der Waals surface area contributed by atoms with Crippen molar-refractivity contribution in [2.45, 2.75) is 50.4 Å². The fourth-order valence-corrected chi connectivity index (χ4v) is 5.83. The lowest BCUT2D eigenvalue weighted by molar-refractivity contribution is -0.139. The third-order valence-electron chi connectivity index (χ3n) is 7.76. The number of hydrogen-bond donors (Lipinski definition) is 3. The van der Waals surface area contributed by atoms with Crippen LogP contribution < -0.4 is 15.5 Å². The molecule has 3 aromatic rings. The maximum Gasteiger partial charge on any atom is 0.247 e. The molecule has 10 nitrogen and oxygen atoms in total. The van der Waals surface area contributed by atoms with Crippen LogP contribution in [0.4, 0.5) is 5.95 Å². The fourth-order valence-electron chi connectivity index (χ4n) is 5.83. The van der Waals surface area contributed by atoms with E-state index in [-0.39, 0.29) is 36.4 Å². The maximum atomic E-state index is 13.9. The van der Waals surface area contributed by atoms with Gasteiger partial charge in [0.05, 0.1) is 24.7 Å². The molecule has 2 aliphatic rings. The number of nitrogens with one attached hydrogen (secondary N) is 3. The molecule has 1 aromatic carbocycles. The van der Waals surface area contributed by atoms with Gasteiger partial charge in [-0.15, -0.1) is 0 Å². The number of fused-ring (bicyclic) bond motifs is 2. The number of likely N-dealkylation sites (N-methyl/N-ethyl adjacent to an activating group) is 1. The predicted octanol–water partition coefficient (Wildman–Crippen LogP) is 1.58. The first-order valence-corrected chi connectivity index (χ1v) is 12.8. The van der Waals surface area contributed by atoms with Crippen LogP contribution in [-0.2, 0) is 14.3 Å². The minimum atomic E-state index is -0.764. The first-order chi connectivity index (χ1) is 17.9. The monoisotopic (exact) mass is 505 g/mol. The first-order valence-electron chi connectivity index (χ1n) is 12.8. The van der Waals surface area contributed by atoms with Crippen LogP contribution in [0.1, 0.15) is 30.4 Å². The number of ether oxygens (including phenoxy) is 1. The van der Waals surface area contributed by atoms with Gasteiger partial charge < -0.3 is 30.2 Å². The normalized spacial score (nSPS) is 22.8. The fraction of sp³-hybridized carbons (Fsp3) is 0.481. The third-order valence-corrected chi connectivity index (χ3v) is 7.76. The van der Waals surface area contributed by atoms with E-state index in [0.29, 0.717) is 19.0 Å². The van der Waals surface area contributed by atoms with E-state index in [0.717, 1.165) is 17.3 Å². The van der Waals surface area contributed by atoms with E-state index in [4.69, 9.17) is 4.74 Å². The zero-order valence-electron chi connectivity index (χ0n) is 21.8. The number of anilines is 1. The summed E-state index contributed by atoms with van der Waals surface area (Å²) in [5.41, 5.74) is 3.46. The highest BCUT2D eigenvalue weighted by Gasteiger charge is 2.52. The Morgan fingerprint density at radius 3 is 2.78 bits per heavy atom. The first kappa shape index (κ1) is 25.2. The minimum absolute atomic E-state index is 0.0480. The number of aromatic nitrogens is 3. The summed E-state index contributed by atoms with van der Waals surface area (Å²) >= 11 is 0. The standard InChI is InChI=1S/C27H35N7O3/c1-16-6-7-18-19(13-31-21(18)12-16)20-14-34(27-29-9-5-10-30-27)23-8-11-33(24(20)23)26(36)22(15-37-4)32-25(35)17(2)28-3/h5-7,9-10,12-13,17,20,22-24,28,31H,8,11,14-15H2,1-4H3,(H,32,35)/t17-,20+,22-,23+,24+/m0/s1. The summed E-state index contributed by atoms with van der Waals surface area (Å²) in [6.45, 7) is 5.24. The Labute approximate surface area is 216 Å². The van der Waals surface area contributed by atoms with Crippen LogP contribution in [0, 0.1) is 6.92 Å². The smallest absolute Gasteiger partial charge is 0.247 e. The van der Waals surface area contributed by atoms with Crippen LogP contribution in [-0.4, -0.2) is 89.7 Å². The van der Waals surface area contributed by atoms with Crippen LogP contribution in [0.25, 0.3) is 10.9 Å². The van der Waals surface area contributed by atoms with E-state index >= 15 is 0 Å². The minimum Gasteiger partial charge on any atom is -0.382 e. The van der Waals surface area contributed by atoms with Gasteiger partial charge in [0.2, 0.25) is 17.8 Å². The second-order valence-corrected chi connectivity index (χ2v) is 10.0. The topological polar surface area (TPSA) is 115 Å². The van der Waals surface area contributed by atoms with Gasteiger partial charge in [-0.25, -0.2) is 9.97 Å². The Balaban J connectivity index is 1.50. The van der Waals surface area contributed by atoms with Gasteiger partial charge in [-0.05, 0) is 50.6 Å². The average molecular weight is 506 g/mol. The maximum absolute atomic E-state index is 13.9. The molecular formula is C27H35N7O3. The number of hydrogen-bond acceptors (Lipinski definition) is 7. The summed E-state index contributed by atoms with van der Waals surface area (Å²) in [6, 6.07) is 7.03. The van der Waals surface area contributed by atoms with Crippen LogP contribution in [0.3, 0.4) is 0 Å². The number of aromatic amines is 1. The van der Waals surface area contributed by atoms with Crippen LogP contribution in [0.15, 0.2) is 42.9 Å². The van der Waals surface area contributed by atoms with Crippen molar-refractivity contribution in [3.05, 3.63) is 54.0 Å². The Morgan fingerprint density at radius 2 is 2.05 bits per heavy atom. The molecule has 3 N–H and O–H groups in total. The molecule has 2 aromatic heterocycles. The lowest BCUT2D eigenvalue weighted by Gasteiger charge is -2.32. The molecule has 196 valence electrons. The number of carbonyl (C=O) groups excluding carboxylic acids is 2. The summed E-state index contributed by atoms with van der Waals surface area (Å²) in [5, 5.41) is 6.98. The Morgan fingerprint density at radius 1 is 1.27 bits per heavy atom. The number of methoxy groups -OCH3 is 1. The number of amides is 2. The number of benzene rings is 1. The number of aryl methyl sites for hydroxylation is 1. The van der Waals surface area contributed by atoms with Gasteiger partial charge in [0.15, 0.2) is 0 Å². The summed E-state index contributed by atoms with van der Waals surface area (Å²) in [6.07, 6.45) is 6.38. The third kappa shape index (κ3) is 4.67. The molecule has 2 aliphatic heterocycles. The highest BCUT2D eigenvalue weighted by atomic mass is 16.5. The van der Waals surface area contributed by atoms with Gasteiger partial charge in [0.25, 0.3) is 0 Å². The molecule has 2 saturated heterocycles. The molecule has 0 aliphatic carbocycles. The molecular weight excluding hydrogens is 470 g/mol. The van der Waals surface area contributed by atoms with Gasteiger partial charge in [-0.2, -0.15) is 0 Å². The molecule has 2 fully saturated rings. The molecule has 10 heteroatoms. The molecule has 0 bridgehead atoms. The van der Waals surface area contributed by atoms with Gasteiger partial charge in [0, 0.05) is 55.6 Å². The number of H-pyrrole nitrogens is 1. The SMILES string of the molecule is CN[C@@H](C)C(=O)N[C@@H](COC)C(=O)N1CC[C@@H]2[C@H]1[C@@H](c1c[nH]c3cc(C)ccc13)CN2c1ncccn1. The molecule has 0 saturated carbocycles. The van der Waals surface area contributed by atoms with Crippen LogP contribution in [0.2, 0.25) is 0 Å². The van der Waals surface area contributed by atoms with Crippen molar-refractivity contribution in [2.75, 3.05) is 38.8 Å². The van der Waals surface area contributed by atoms with Crippen LogP contribution in [0.5, 0.6) is 0 Å². The molecule has 5 atom stereocenters. The van der Waals surface area contributed by atoms with E-state index in [1.54, 1.807) is 33.5 Å². The Kier molecular flexibility index (Phi) is 7.12. The van der Waals surface area contributed by atoms with Gasteiger partial charge in [-0.1, -0.05) is 12.1 Å². The van der Waals surface area contributed by atoms with Crippen molar-refractivity contribution in [2.24, 2.45) is 0 Å². The largest absolute Gasteiger partial charge is 0.382 e. The zero-order chi connectivity index (χ0) is 26.1. The van der Waals surface area contributed by atoms with E-state index in [2.05, 4.69) is 61.8 Å². The molecule has 4 heterocycles. The van der Waals surface area contributed by atoms with E-state index in [9.17, 15) is 9.59 Å². The van der Waals surface area contributed by atoms with Crippen molar-refractivity contribution in [1.29, 1.82) is 0 Å². The lowest BCUT2D eigenvalue weighted by atomic mass is 9.91. The summed E-state index contributed by atoms with van der Waals surface area (Å²) in [7, 11) is 3.26. The second-order valence-electron chi connectivity index (χ2n) is 10.0. The molecule has 0 unspecified atom stereocenters.